The molecule has 10 heteroatoms. The van der Waals surface area contributed by atoms with Gasteiger partial charge in [-0.3, -0.25) is 24.6 Å². The Bertz CT molecular complexity index is 1340. The maximum atomic E-state index is 12.9. The molecule has 1 fully saturated rings. The third-order valence-corrected chi connectivity index (χ3v) is 6.30. The summed E-state index contributed by atoms with van der Waals surface area (Å²) in [4.78, 5) is 37.6. The smallest absolute Gasteiger partial charge is 0.293 e. The summed E-state index contributed by atoms with van der Waals surface area (Å²) in [5.74, 6) is 0.366. The number of halogens is 1. The molecule has 35 heavy (non-hydrogen) atoms. The van der Waals surface area contributed by atoms with Gasteiger partial charge in [0.15, 0.2) is 11.5 Å². The Morgan fingerprint density at radius 2 is 1.86 bits per heavy atom. The molecule has 1 heterocycles. The number of ether oxygens (including phenoxy) is 2. The van der Waals surface area contributed by atoms with Crippen molar-refractivity contribution in [1.29, 1.82) is 0 Å². The second-order valence-corrected chi connectivity index (χ2v) is 8.91. The van der Waals surface area contributed by atoms with Gasteiger partial charge >= 0.3 is 0 Å². The molecule has 0 unspecified atom stereocenters. The first kappa shape index (κ1) is 24.3. The van der Waals surface area contributed by atoms with Crippen molar-refractivity contribution in [1.82, 2.24) is 4.90 Å². The Morgan fingerprint density at radius 3 is 2.60 bits per heavy atom. The van der Waals surface area contributed by atoms with E-state index in [1.807, 2.05) is 0 Å². The summed E-state index contributed by atoms with van der Waals surface area (Å²) in [5, 5.41) is 11.4. The van der Waals surface area contributed by atoms with Crippen LogP contribution in [0.5, 0.6) is 11.5 Å². The lowest BCUT2D eigenvalue weighted by Gasteiger charge is -2.13. The van der Waals surface area contributed by atoms with Crippen molar-refractivity contribution in [3.8, 4) is 11.5 Å². The van der Waals surface area contributed by atoms with Gasteiger partial charge in [0.1, 0.15) is 6.61 Å². The van der Waals surface area contributed by atoms with Gasteiger partial charge in [-0.2, -0.15) is 0 Å². The predicted molar refractivity (Wildman–Crippen MR) is 133 cm³/mol. The van der Waals surface area contributed by atoms with Gasteiger partial charge in [0.25, 0.3) is 16.8 Å². The van der Waals surface area contributed by atoms with Crippen LogP contribution >= 0.6 is 23.4 Å². The van der Waals surface area contributed by atoms with Crippen LogP contribution in [0.2, 0.25) is 5.02 Å². The number of para-hydroxylation sites is 1. The quantitative estimate of drug-likeness (QED) is 0.206. The van der Waals surface area contributed by atoms with Crippen molar-refractivity contribution < 1.29 is 24.0 Å². The number of methoxy groups -OCH3 is 1. The highest BCUT2D eigenvalue weighted by Crippen LogP contribution is 2.36. The molecule has 1 aliphatic heterocycles. The van der Waals surface area contributed by atoms with Crippen molar-refractivity contribution in [3.05, 3.63) is 103 Å². The van der Waals surface area contributed by atoms with E-state index in [0.717, 1.165) is 22.2 Å². The van der Waals surface area contributed by atoms with Gasteiger partial charge in [0.05, 0.1) is 29.0 Å². The Labute approximate surface area is 210 Å². The first-order valence-electron chi connectivity index (χ1n) is 10.4. The van der Waals surface area contributed by atoms with E-state index in [1.165, 1.54) is 13.2 Å². The summed E-state index contributed by atoms with van der Waals surface area (Å²) in [6.07, 6.45) is 1.60. The summed E-state index contributed by atoms with van der Waals surface area (Å²) >= 11 is 6.86. The summed E-state index contributed by atoms with van der Waals surface area (Å²) in [7, 11) is 1.48. The average molecular weight is 511 g/mol. The molecule has 0 N–H and O–H groups in total. The Balaban J connectivity index is 1.54. The van der Waals surface area contributed by atoms with Gasteiger partial charge in [-0.05, 0) is 59.3 Å². The van der Waals surface area contributed by atoms with Gasteiger partial charge in [0.2, 0.25) is 0 Å². The van der Waals surface area contributed by atoms with Crippen molar-refractivity contribution in [2.45, 2.75) is 13.2 Å². The topological polar surface area (TPSA) is 99.0 Å². The third kappa shape index (κ3) is 5.64. The van der Waals surface area contributed by atoms with E-state index in [9.17, 15) is 19.7 Å². The molecule has 1 saturated heterocycles. The van der Waals surface area contributed by atoms with Crippen molar-refractivity contribution >= 4 is 46.3 Å². The summed E-state index contributed by atoms with van der Waals surface area (Å²) < 4.78 is 11.2. The van der Waals surface area contributed by atoms with Crippen LogP contribution in [0.15, 0.2) is 71.6 Å². The lowest BCUT2D eigenvalue weighted by molar-refractivity contribution is -0.385. The van der Waals surface area contributed by atoms with E-state index in [2.05, 4.69) is 0 Å². The molecule has 3 aromatic carbocycles. The second kappa shape index (κ2) is 10.6. The van der Waals surface area contributed by atoms with E-state index in [0.29, 0.717) is 27.6 Å². The molecule has 0 bridgehead atoms. The van der Waals surface area contributed by atoms with Crippen LogP contribution in [0, 0.1) is 10.1 Å². The molecule has 0 aromatic heterocycles. The predicted octanol–water partition coefficient (Wildman–Crippen LogP) is 6.07. The molecular formula is C25H19ClN2O6S. The number of hydrogen-bond acceptors (Lipinski definition) is 7. The van der Waals surface area contributed by atoms with Crippen LogP contribution in [0.1, 0.15) is 16.7 Å². The van der Waals surface area contributed by atoms with Gasteiger partial charge in [-0.1, -0.05) is 41.9 Å². The normalized spacial score (nSPS) is 14.5. The monoisotopic (exact) mass is 510 g/mol. The van der Waals surface area contributed by atoms with E-state index < -0.39 is 10.8 Å². The zero-order valence-electron chi connectivity index (χ0n) is 18.5. The molecule has 0 spiro atoms. The molecule has 4 rings (SSSR count). The third-order valence-electron chi connectivity index (χ3n) is 5.16. The summed E-state index contributed by atoms with van der Waals surface area (Å²) in [6.45, 7) is 0.0719. The molecule has 3 aromatic rings. The molecule has 2 amide bonds. The molecule has 8 nitrogen and oxygen atoms in total. The minimum absolute atomic E-state index is 0.0454. The maximum Gasteiger partial charge on any atom is 0.293 e. The van der Waals surface area contributed by atoms with Crippen LogP contribution in [0.3, 0.4) is 0 Å². The molecule has 0 atom stereocenters. The second-order valence-electron chi connectivity index (χ2n) is 7.48. The number of nitro groups is 1. The lowest BCUT2D eigenvalue weighted by Crippen LogP contribution is -2.27. The molecule has 178 valence electrons. The number of amides is 2. The first-order chi connectivity index (χ1) is 16.9. The Kier molecular flexibility index (Phi) is 7.38. The number of thioether (sulfide) groups is 1. The van der Waals surface area contributed by atoms with E-state index in [1.54, 1.807) is 66.7 Å². The minimum Gasteiger partial charge on any atom is -0.493 e. The highest BCUT2D eigenvalue weighted by atomic mass is 35.5. The van der Waals surface area contributed by atoms with Crippen molar-refractivity contribution in [2.75, 3.05) is 7.11 Å². The Morgan fingerprint density at radius 1 is 1.06 bits per heavy atom. The number of hydrogen-bond donors (Lipinski definition) is 0. The lowest BCUT2D eigenvalue weighted by atomic mass is 10.1. The fourth-order valence-electron chi connectivity index (χ4n) is 3.47. The van der Waals surface area contributed by atoms with Gasteiger partial charge in [0, 0.05) is 11.1 Å². The number of nitro benzene ring substituents is 1. The number of imide groups is 1. The molecular weight excluding hydrogens is 492 g/mol. The van der Waals surface area contributed by atoms with Crippen LogP contribution in [-0.4, -0.2) is 28.1 Å². The summed E-state index contributed by atoms with van der Waals surface area (Å²) in [5.41, 5.74) is 1.72. The standard InChI is InChI=1S/C25H19ClN2O6S/c1-33-21-10-9-16(12-22(21)34-15-18-6-2-3-8-20(18)28(31)32)13-23-24(29)27(25(30)35-23)14-17-5-4-7-19(26)11-17/h2-13H,14-15H2,1H3/b23-13-. The first-order valence-corrected chi connectivity index (χ1v) is 11.6. The van der Waals surface area contributed by atoms with Crippen molar-refractivity contribution in [3.63, 3.8) is 0 Å². The van der Waals surface area contributed by atoms with Crippen LogP contribution < -0.4 is 9.47 Å². The van der Waals surface area contributed by atoms with E-state index in [-0.39, 0.29) is 29.0 Å². The van der Waals surface area contributed by atoms with E-state index >= 15 is 0 Å². The molecule has 0 saturated carbocycles. The van der Waals surface area contributed by atoms with E-state index in [4.69, 9.17) is 21.1 Å². The number of carbonyl (C=O) groups is 2. The number of benzene rings is 3. The largest absolute Gasteiger partial charge is 0.493 e. The molecule has 1 aliphatic rings. The fraction of sp³-hybridized carbons (Fsp3) is 0.120. The van der Waals surface area contributed by atoms with Crippen LogP contribution in [-0.2, 0) is 17.9 Å². The SMILES string of the molecule is COc1ccc(/C=C2\SC(=O)N(Cc3cccc(Cl)c3)C2=O)cc1OCc1ccccc1[N+](=O)[O-]. The number of nitrogens with zero attached hydrogens (tertiary/aromatic N) is 2. The number of rotatable bonds is 8. The average Bonchev–Trinajstić information content (AvgIpc) is 3.10. The van der Waals surface area contributed by atoms with Gasteiger partial charge < -0.3 is 9.47 Å². The minimum atomic E-state index is -0.466. The van der Waals surface area contributed by atoms with Crippen LogP contribution in [0.4, 0.5) is 10.5 Å². The van der Waals surface area contributed by atoms with Gasteiger partial charge in [-0.25, -0.2) is 0 Å². The van der Waals surface area contributed by atoms with Gasteiger partial charge in [-0.15, -0.1) is 0 Å². The van der Waals surface area contributed by atoms with Crippen LogP contribution in [0.25, 0.3) is 6.08 Å². The molecule has 0 radical (unpaired) electrons. The fourth-order valence-corrected chi connectivity index (χ4v) is 4.52. The summed E-state index contributed by atoms with van der Waals surface area (Å²) in [6, 6.07) is 18.3. The zero-order valence-corrected chi connectivity index (χ0v) is 20.0. The number of carbonyl (C=O) groups excluding carboxylic acids is 2. The highest BCUT2D eigenvalue weighted by Gasteiger charge is 2.35. The van der Waals surface area contributed by atoms with Crippen molar-refractivity contribution in [2.24, 2.45) is 0 Å². The Hall–Kier alpha value is -3.82. The molecule has 0 aliphatic carbocycles. The maximum absolute atomic E-state index is 12.9. The zero-order chi connectivity index (χ0) is 24.9. The highest BCUT2D eigenvalue weighted by molar-refractivity contribution is 8.18.